The quantitative estimate of drug-likeness (QED) is 0.541. The predicted octanol–water partition coefficient (Wildman–Crippen LogP) is 3.78. The summed E-state index contributed by atoms with van der Waals surface area (Å²) < 4.78 is 13.7. The first kappa shape index (κ1) is 16.0. The zero-order valence-corrected chi connectivity index (χ0v) is 15.4. The fourth-order valence-electron chi connectivity index (χ4n) is 3.65. The maximum absolute atomic E-state index is 6.11. The van der Waals surface area contributed by atoms with Crippen molar-refractivity contribution in [3.05, 3.63) is 59.9 Å². The number of fused-ring (bicyclic) bond motifs is 2. The molecule has 7 nitrogen and oxygen atoms in total. The van der Waals surface area contributed by atoms with E-state index < -0.39 is 0 Å². The second-order valence-electron chi connectivity index (χ2n) is 7.51. The van der Waals surface area contributed by atoms with Crippen LogP contribution < -0.4 is 4.74 Å². The van der Waals surface area contributed by atoms with Crippen LogP contribution in [0.25, 0.3) is 17.0 Å². The van der Waals surface area contributed by atoms with Crippen LogP contribution >= 0.6 is 0 Å². The molecule has 0 aliphatic carbocycles. The van der Waals surface area contributed by atoms with Gasteiger partial charge in [-0.3, -0.25) is 4.40 Å². The van der Waals surface area contributed by atoms with E-state index in [4.69, 9.17) is 14.2 Å². The summed E-state index contributed by atoms with van der Waals surface area (Å²) in [4.78, 5) is 4.70. The van der Waals surface area contributed by atoms with Gasteiger partial charge in [0.25, 0.3) is 0 Å². The van der Waals surface area contributed by atoms with Gasteiger partial charge < -0.3 is 9.26 Å². The second-order valence-corrected chi connectivity index (χ2v) is 7.51. The predicted molar refractivity (Wildman–Crippen MR) is 98.6 cm³/mol. The molecular formula is C20H19N5O2. The van der Waals surface area contributed by atoms with Crippen molar-refractivity contribution in [3.8, 4) is 17.1 Å². The highest BCUT2D eigenvalue weighted by Crippen LogP contribution is 2.43. The maximum Gasteiger partial charge on any atom is 0.234 e. The molecule has 0 spiro atoms. The Morgan fingerprint density at radius 1 is 1.11 bits per heavy atom. The van der Waals surface area contributed by atoms with Gasteiger partial charge in [0, 0.05) is 23.7 Å². The second kappa shape index (κ2) is 5.64. The highest BCUT2D eigenvalue weighted by atomic mass is 16.5. The minimum Gasteiger partial charge on any atom is -0.488 e. The summed E-state index contributed by atoms with van der Waals surface area (Å²) >= 11 is 0. The Morgan fingerprint density at radius 3 is 2.85 bits per heavy atom. The first-order chi connectivity index (χ1) is 13.0. The van der Waals surface area contributed by atoms with Gasteiger partial charge in [-0.2, -0.15) is 4.98 Å². The summed E-state index contributed by atoms with van der Waals surface area (Å²) in [6.45, 7) is 6.07. The van der Waals surface area contributed by atoms with E-state index in [-0.39, 0.29) is 11.5 Å². The number of para-hydroxylation sites is 1. The van der Waals surface area contributed by atoms with Crippen molar-refractivity contribution in [2.45, 2.75) is 38.7 Å². The molecular weight excluding hydrogens is 342 g/mol. The van der Waals surface area contributed by atoms with Crippen molar-refractivity contribution < 1.29 is 9.26 Å². The number of pyridine rings is 1. The maximum atomic E-state index is 6.11. The van der Waals surface area contributed by atoms with Crippen LogP contribution in [0.1, 0.15) is 43.5 Å². The number of ether oxygens (including phenoxy) is 1. The molecule has 1 aromatic carbocycles. The molecule has 0 radical (unpaired) electrons. The molecule has 0 saturated heterocycles. The van der Waals surface area contributed by atoms with Gasteiger partial charge in [0.05, 0.1) is 5.92 Å². The number of rotatable bonds is 2. The number of nitrogens with zero attached hydrogens (tertiary/aromatic N) is 5. The molecule has 0 bridgehead atoms. The SMILES string of the molecule is Cc1nnc2ccc(-c3noc(C4CC(C)(C)Oc5ccccc54)n3)cn12. The lowest BCUT2D eigenvalue weighted by molar-refractivity contribution is 0.0725. The van der Waals surface area contributed by atoms with E-state index in [0.717, 1.165) is 34.8 Å². The Hall–Kier alpha value is -3.22. The zero-order valence-electron chi connectivity index (χ0n) is 15.4. The summed E-state index contributed by atoms with van der Waals surface area (Å²) in [5, 5.41) is 12.4. The lowest BCUT2D eigenvalue weighted by atomic mass is 9.84. The van der Waals surface area contributed by atoms with Gasteiger partial charge in [0.1, 0.15) is 17.2 Å². The minimum absolute atomic E-state index is 0.00609. The molecule has 4 heterocycles. The third kappa shape index (κ3) is 2.66. The average molecular weight is 361 g/mol. The van der Waals surface area contributed by atoms with Crippen LogP contribution in [0.2, 0.25) is 0 Å². The molecule has 3 aromatic heterocycles. The van der Waals surface area contributed by atoms with Crippen LogP contribution in [0, 0.1) is 6.92 Å². The monoisotopic (exact) mass is 361 g/mol. The van der Waals surface area contributed by atoms with Gasteiger partial charge >= 0.3 is 0 Å². The lowest BCUT2D eigenvalue weighted by Gasteiger charge is -2.36. The standard InChI is InChI=1S/C20H19N5O2/c1-12-22-23-17-9-8-13(11-25(12)17)18-21-19(27-24-18)15-10-20(2,3)26-16-7-5-4-6-14(15)16/h4-9,11,15H,10H2,1-3H3. The number of aromatic nitrogens is 5. The molecule has 1 aliphatic heterocycles. The first-order valence-corrected chi connectivity index (χ1v) is 8.93. The fraction of sp³-hybridized carbons (Fsp3) is 0.300. The van der Waals surface area contributed by atoms with Gasteiger partial charge in [-0.25, -0.2) is 0 Å². The smallest absolute Gasteiger partial charge is 0.234 e. The van der Waals surface area contributed by atoms with Crippen LogP contribution in [0.15, 0.2) is 47.1 Å². The number of hydrogen-bond acceptors (Lipinski definition) is 6. The largest absolute Gasteiger partial charge is 0.488 e. The van der Waals surface area contributed by atoms with E-state index >= 15 is 0 Å². The van der Waals surface area contributed by atoms with Gasteiger partial charge in [-0.15, -0.1) is 10.2 Å². The van der Waals surface area contributed by atoms with E-state index in [1.807, 2.05) is 47.9 Å². The summed E-state index contributed by atoms with van der Waals surface area (Å²) in [7, 11) is 0. The Bertz CT molecular complexity index is 1140. The molecule has 136 valence electrons. The Kier molecular flexibility index (Phi) is 3.34. The zero-order chi connectivity index (χ0) is 18.6. The van der Waals surface area contributed by atoms with Crippen molar-refractivity contribution in [3.63, 3.8) is 0 Å². The van der Waals surface area contributed by atoms with Crippen molar-refractivity contribution >= 4 is 5.65 Å². The molecule has 1 unspecified atom stereocenters. The summed E-state index contributed by atoms with van der Waals surface area (Å²) in [5.74, 6) is 2.86. The van der Waals surface area contributed by atoms with Gasteiger partial charge in [0.2, 0.25) is 11.7 Å². The van der Waals surface area contributed by atoms with Crippen LogP contribution in [0.5, 0.6) is 5.75 Å². The van der Waals surface area contributed by atoms with Crippen molar-refractivity contribution in [2.24, 2.45) is 0 Å². The molecule has 0 fully saturated rings. The summed E-state index contributed by atoms with van der Waals surface area (Å²) in [5.41, 5.74) is 2.43. The molecule has 1 aliphatic rings. The average Bonchev–Trinajstić information content (AvgIpc) is 3.27. The van der Waals surface area contributed by atoms with E-state index in [2.05, 4.69) is 35.3 Å². The fourth-order valence-corrected chi connectivity index (χ4v) is 3.65. The van der Waals surface area contributed by atoms with Gasteiger partial charge in [0.15, 0.2) is 5.65 Å². The van der Waals surface area contributed by atoms with Crippen LogP contribution in [0.3, 0.4) is 0 Å². The number of hydrogen-bond donors (Lipinski definition) is 0. The Morgan fingerprint density at radius 2 is 1.96 bits per heavy atom. The highest BCUT2D eigenvalue weighted by molar-refractivity contribution is 5.57. The van der Waals surface area contributed by atoms with E-state index in [1.54, 1.807) is 0 Å². The third-order valence-corrected chi connectivity index (χ3v) is 4.95. The van der Waals surface area contributed by atoms with Crippen LogP contribution in [-0.2, 0) is 0 Å². The molecule has 7 heteroatoms. The van der Waals surface area contributed by atoms with Gasteiger partial charge in [-0.05, 0) is 39.0 Å². The molecule has 0 amide bonds. The minimum atomic E-state index is -0.299. The summed E-state index contributed by atoms with van der Waals surface area (Å²) in [6, 6.07) is 11.9. The van der Waals surface area contributed by atoms with E-state index in [1.165, 1.54) is 0 Å². The third-order valence-electron chi connectivity index (χ3n) is 4.95. The molecule has 0 saturated carbocycles. The van der Waals surface area contributed by atoms with Crippen molar-refractivity contribution in [1.82, 2.24) is 24.7 Å². The van der Waals surface area contributed by atoms with Crippen molar-refractivity contribution in [2.75, 3.05) is 0 Å². The summed E-state index contributed by atoms with van der Waals surface area (Å²) in [6.07, 6.45) is 2.70. The Labute approximate surface area is 156 Å². The number of aryl methyl sites for hydroxylation is 1. The number of benzene rings is 1. The van der Waals surface area contributed by atoms with E-state index in [0.29, 0.717) is 11.7 Å². The molecule has 1 atom stereocenters. The molecule has 0 N–H and O–H groups in total. The highest BCUT2D eigenvalue weighted by Gasteiger charge is 2.37. The van der Waals surface area contributed by atoms with E-state index in [9.17, 15) is 0 Å². The van der Waals surface area contributed by atoms with Crippen molar-refractivity contribution in [1.29, 1.82) is 0 Å². The Balaban J connectivity index is 1.56. The molecule has 4 aromatic rings. The topological polar surface area (TPSA) is 78.3 Å². The lowest BCUT2D eigenvalue weighted by Crippen LogP contribution is -2.35. The molecule has 5 rings (SSSR count). The first-order valence-electron chi connectivity index (χ1n) is 8.93. The van der Waals surface area contributed by atoms with Crippen LogP contribution in [0.4, 0.5) is 0 Å². The molecule has 27 heavy (non-hydrogen) atoms. The van der Waals surface area contributed by atoms with Crippen LogP contribution in [-0.4, -0.2) is 30.3 Å². The van der Waals surface area contributed by atoms with Gasteiger partial charge in [-0.1, -0.05) is 23.4 Å². The normalized spacial score (nSPS) is 18.3.